The fraction of sp³-hybridized carbons (Fsp3) is 0.519. The summed E-state index contributed by atoms with van der Waals surface area (Å²) in [5.74, 6) is -6.85. The van der Waals surface area contributed by atoms with Crippen LogP contribution in [0, 0.1) is 0 Å². The van der Waals surface area contributed by atoms with Gasteiger partial charge in [-0.15, -0.1) is 0 Å². The van der Waals surface area contributed by atoms with E-state index in [1.807, 2.05) is 0 Å². The summed E-state index contributed by atoms with van der Waals surface area (Å²) in [6, 6.07) is 2.41. The molecule has 0 aromatic heterocycles. The molecule has 16 heteroatoms. The molecule has 1 heterocycles. The van der Waals surface area contributed by atoms with E-state index in [4.69, 9.17) is 5.73 Å². The van der Waals surface area contributed by atoms with Gasteiger partial charge in [-0.05, 0) is 50.8 Å². The number of unbranched alkanes of at least 4 members (excludes halogenated alkanes) is 1. The van der Waals surface area contributed by atoms with Crippen LogP contribution in [0.2, 0.25) is 0 Å². The molecule has 9 N–H and O–H groups in total. The number of rotatable bonds is 17. The molecule has 0 spiro atoms. The van der Waals surface area contributed by atoms with Crippen LogP contribution in [-0.2, 0) is 28.8 Å². The molecule has 236 valence electrons. The summed E-state index contributed by atoms with van der Waals surface area (Å²) in [5, 5.41) is 37.6. The lowest BCUT2D eigenvalue weighted by Crippen LogP contribution is -2.59. The highest BCUT2D eigenvalue weighted by Gasteiger charge is 2.38. The third-order valence-electron chi connectivity index (χ3n) is 6.67. The Morgan fingerprint density at radius 3 is 2.16 bits per heavy atom. The van der Waals surface area contributed by atoms with Gasteiger partial charge in [-0.1, -0.05) is 18.2 Å². The number of hydrogen-bond donors (Lipinski definition) is 8. The molecule has 4 atom stereocenters. The van der Waals surface area contributed by atoms with Crippen molar-refractivity contribution < 1.29 is 48.9 Å². The van der Waals surface area contributed by atoms with Crippen molar-refractivity contribution in [2.24, 2.45) is 5.73 Å². The van der Waals surface area contributed by atoms with Crippen molar-refractivity contribution in [3.63, 3.8) is 0 Å². The molecule has 43 heavy (non-hydrogen) atoms. The van der Waals surface area contributed by atoms with E-state index in [1.165, 1.54) is 12.1 Å². The number of aliphatic carboxylic acids is 2. The topological polar surface area (TPSA) is 258 Å². The fourth-order valence-corrected chi connectivity index (χ4v) is 4.46. The van der Waals surface area contributed by atoms with Gasteiger partial charge in [0.1, 0.15) is 24.2 Å². The van der Waals surface area contributed by atoms with Gasteiger partial charge in [-0.25, -0.2) is 4.79 Å². The summed E-state index contributed by atoms with van der Waals surface area (Å²) in [5.41, 5.74) is 5.82. The molecule has 0 radical (unpaired) electrons. The van der Waals surface area contributed by atoms with E-state index in [-0.39, 0.29) is 24.9 Å². The number of nitrogens with two attached hydrogens (primary N) is 1. The number of likely N-dealkylation sites (tertiary alicyclic amines) is 1. The summed E-state index contributed by atoms with van der Waals surface area (Å²) in [7, 11) is 0. The molecular weight excluding hydrogens is 568 g/mol. The molecule has 1 fully saturated rings. The first kappa shape index (κ1) is 34.6. The van der Waals surface area contributed by atoms with Gasteiger partial charge >= 0.3 is 11.9 Å². The normalized spacial score (nSPS) is 16.3. The van der Waals surface area contributed by atoms with Crippen molar-refractivity contribution in [2.45, 2.75) is 62.7 Å². The molecule has 1 aliphatic heterocycles. The molecule has 2 rings (SSSR count). The number of aliphatic hydroxyl groups is 1. The second kappa shape index (κ2) is 17.4. The van der Waals surface area contributed by atoms with Crippen LogP contribution in [0.15, 0.2) is 30.3 Å². The number of nitrogens with one attached hydrogen (secondary N) is 4. The maximum Gasteiger partial charge on any atom is 0.326 e. The van der Waals surface area contributed by atoms with Gasteiger partial charge in [0.2, 0.25) is 23.6 Å². The van der Waals surface area contributed by atoms with E-state index in [9.17, 15) is 48.9 Å². The first-order valence-electron chi connectivity index (χ1n) is 13.8. The van der Waals surface area contributed by atoms with Gasteiger partial charge in [0.25, 0.3) is 5.91 Å². The first-order valence-corrected chi connectivity index (χ1v) is 13.8. The third-order valence-corrected chi connectivity index (χ3v) is 6.67. The Morgan fingerprint density at radius 2 is 1.56 bits per heavy atom. The van der Waals surface area contributed by atoms with Gasteiger partial charge in [0.05, 0.1) is 19.6 Å². The number of amides is 5. The quantitative estimate of drug-likeness (QED) is 0.0863. The minimum absolute atomic E-state index is 0.0857. The maximum absolute atomic E-state index is 13.2. The van der Waals surface area contributed by atoms with Crippen LogP contribution >= 0.6 is 0 Å². The average Bonchev–Trinajstić information content (AvgIpc) is 3.48. The molecule has 0 aliphatic carbocycles. The lowest BCUT2D eigenvalue weighted by molar-refractivity contribution is -0.149. The molecule has 0 unspecified atom stereocenters. The second-order valence-corrected chi connectivity index (χ2v) is 9.88. The van der Waals surface area contributed by atoms with Gasteiger partial charge in [0, 0.05) is 12.1 Å². The van der Waals surface area contributed by atoms with Gasteiger partial charge in [-0.2, -0.15) is 0 Å². The SMILES string of the molecule is NCCCC[C@H](NC(=O)[C@H](CC(=O)O)NC(=O)[C@H](CO)NC(=O)CNC(=O)c1ccccc1)C(=O)N1CCC[C@H]1C(=O)O. The first-order chi connectivity index (χ1) is 20.5. The molecule has 1 aromatic carbocycles. The molecule has 0 saturated carbocycles. The molecule has 1 aromatic rings. The molecule has 1 aliphatic rings. The summed E-state index contributed by atoms with van der Waals surface area (Å²) >= 11 is 0. The van der Waals surface area contributed by atoms with Gasteiger partial charge in [0.15, 0.2) is 0 Å². The number of carboxylic acids is 2. The highest BCUT2D eigenvalue weighted by atomic mass is 16.4. The van der Waals surface area contributed by atoms with Crippen LogP contribution in [0.4, 0.5) is 0 Å². The number of carboxylic acid groups (broad SMARTS) is 2. The van der Waals surface area contributed by atoms with E-state index in [0.717, 1.165) is 4.90 Å². The van der Waals surface area contributed by atoms with Crippen molar-refractivity contribution in [3.8, 4) is 0 Å². The van der Waals surface area contributed by atoms with Gasteiger partial charge < -0.3 is 47.2 Å². The smallest absolute Gasteiger partial charge is 0.326 e. The molecular formula is C27H38N6O10. The Bertz CT molecular complexity index is 1160. The second-order valence-electron chi connectivity index (χ2n) is 9.88. The largest absolute Gasteiger partial charge is 0.481 e. The number of carbonyl (C=O) groups excluding carboxylic acids is 5. The molecule has 0 bridgehead atoms. The number of carbonyl (C=O) groups is 7. The zero-order chi connectivity index (χ0) is 31.9. The van der Waals surface area contributed by atoms with Crippen molar-refractivity contribution >= 4 is 41.5 Å². The molecule has 1 saturated heterocycles. The number of nitrogens with zero attached hydrogens (tertiary/aromatic N) is 1. The lowest BCUT2D eigenvalue weighted by Gasteiger charge is -2.29. The zero-order valence-corrected chi connectivity index (χ0v) is 23.5. The number of aliphatic hydroxyl groups excluding tert-OH is 1. The monoisotopic (exact) mass is 606 g/mol. The third kappa shape index (κ3) is 11.0. The molecule has 16 nitrogen and oxygen atoms in total. The van der Waals surface area contributed by atoms with E-state index in [1.54, 1.807) is 18.2 Å². The van der Waals surface area contributed by atoms with E-state index >= 15 is 0 Å². The van der Waals surface area contributed by atoms with E-state index < -0.39 is 85.2 Å². The van der Waals surface area contributed by atoms with Crippen LogP contribution in [0.1, 0.15) is 48.9 Å². The summed E-state index contributed by atoms with van der Waals surface area (Å²) in [4.78, 5) is 87.9. The minimum Gasteiger partial charge on any atom is -0.481 e. The highest BCUT2D eigenvalue weighted by molar-refractivity contribution is 5.98. The lowest BCUT2D eigenvalue weighted by atomic mass is 10.1. The highest BCUT2D eigenvalue weighted by Crippen LogP contribution is 2.20. The van der Waals surface area contributed by atoms with Crippen LogP contribution in [0.5, 0.6) is 0 Å². The van der Waals surface area contributed by atoms with Crippen LogP contribution in [0.25, 0.3) is 0 Å². The standard InChI is InChI=1S/C27H38N6O10/c28-11-5-4-9-17(26(41)33-12-6-10-20(33)27(42)43)31-24(39)18(13-22(36)37)32-25(40)19(15-34)30-21(35)14-29-23(38)16-7-2-1-3-8-16/h1-3,7-8,17-20,34H,4-6,9-15,28H2,(H,29,38)(H,30,35)(H,31,39)(H,32,40)(H,36,37)(H,42,43)/t17-,18-,19-,20-/m0/s1. The van der Waals surface area contributed by atoms with Crippen LogP contribution in [0.3, 0.4) is 0 Å². The van der Waals surface area contributed by atoms with Crippen molar-refractivity contribution in [3.05, 3.63) is 35.9 Å². The molecule has 5 amide bonds. The Morgan fingerprint density at radius 1 is 0.907 bits per heavy atom. The predicted molar refractivity (Wildman–Crippen MR) is 149 cm³/mol. The zero-order valence-electron chi connectivity index (χ0n) is 23.5. The van der Waals surface area contributed by atoms with Crippen molar-refractivity contribution in [1.29, 1.82) is 0 Å². The Labute approximate surface area is 247 Å². The van der Waals surface area contributed by atoms with Crippen molar-refractivity contribution in [2.75, 3.05) is 26.2 Å². The summed E-state index contributed by atoms with van der Waals surface area (Å²) < 4.78 is 0. The van der Waals surface area contributed by atoms with E-state index in [0.29, 0.717) is 25.8 Å². The van der Waals surface area contributed by atoms with Crippen molar-refractivity contribution in [1.82, 2.24) is 26.2 Å². The summed E-state index contributed by atoms with van der Waals surface area (Å²) in [6.45, 7) is -0.995. The Hall–Kier alpha value is -4.57. The Kier molecular flexibility index (Phi) is 14.0. The number of hydrogen-bond acceptors (Lipinski definition) is 9. The van der Waals surface area contributed by atoms with Gasteiger partial charge in [-0.3, -0.25) is 28.8 Å². The average molecular weight is 607 g/mol. The van der Waals surface area contributed by atoms with Crippen LogP contribution < -0.4 is 27.0 Å². The van der Waals surface area contributed by atoms with E-state index in [2.05, 4.69) is 21.3 Å². The Balaban J connectivity index is 2.07. The summed E-state index contributed by atoms with van der Waals surface area (Å²) in [6.07, 6.45) is 0.778. The minimum atomic E-state index is -1.72. The fourth-order valence-electron chi connectivity index (χ4n) is 4.46. The predicted octanol–water partition coefficient (Wildman–Crippen LogP) is -2.46. The van der Waals surface area contributed by atoms with Crippen LogP contribution in [-0.4, -0.2) is 112 Å². The maximum atomic E-state index is 13.2. The number of benzene rings is 1.